The minimum atomic E-state index is -0.442. The van der Waals surface area contributed by atoms with Gasteiger partial charge in [0.15, 0.2) is 0 Å². The Morgan fingerprint density at radius 1 is 1.15 bits per heavy atom. The highest BCUT2D eigenvalue weighted by atomic mass is 19.1. The first kappa shape index (κ1) is 11.5. The van der Waals surface area contributed by atoms with Gasteiger partial charge in [-0.1, -0.05) is 12.1 Å². The van der Waals surface area contributed by atoms with Gasteiger partial charge in [-0.25, -0.2) is 9.37 Å². The number of aromatic hydroxyl groups is 1. The SMILES string of the molecule is Oc1ccc(-c2nc3ccccc3n2C2CC2)c(F)c1. The van der Waals surface area contributed by atoms with E-state index >= 15 is 0 Å². The molecule has 1 aliphatic carbocycles. The molecular formula is C16H13FN2O. The van der Waals surface area contributed by atoms with Gasteiger partial charge >= 0.3 is 0 Å². The van der Waals surface area contributed by atoms with Crippen molar-refractivity contribution >= 4 is 11.0 Å². The largest absolute Gasteiger partial charge is 0.508 e. The van der Waals surface area contributed by atoms with Crippen LogP contribution < -0.4 is 0 Å². The summed E-state index contributed by atoms with van der Waals surface area (Å²) in [4.78, 5) is 4.58. The van der Waals surface area contributed by atoms with Crippen molar-refractivity contribution in [3.63, 3.8) is 0 Å². The summed E-state index contributed by atoms with van der Waals surface area (Å²) >= 11 is 0. The summed E-state index contributed by atoms with van der Waals surface area (Å²) in [6.07, 6.45) is 2.21. The second-order valence-electron chi connectivity index (χ2n) is 5.19. The molecule has 3 nitrogen and oxygen atoms in total. The van der Waals surface area contributed by atoms with Gasteiger partial charge in [0.05, 0.1) is 16.6 Å². The number of nitrogens with zero attached hydrogens (tertiary/aromatic N) is 2. The lowest BCUT2D eigenvalue weighted by Crippen LogP contribution is -1.98. The molecule has 4 heteroatoms. The highest BCUT2D eigenvalue weighted by Gasteiger charge is 2.29. The number of fused-ring (bicyclic) bond motifs is 1. The highest BCUT2D eigenvalue weighted by molar-refractivity contribution is 5.81. The predicted molar refractivity (Wildman–Crippen MR) is 75.1 cm³/mol. The number of hydrogen-bond acceptors (Lipinski definition) is 2. The monoisotopic (exact) mass is 268 g/mol. The van der Waals surface area contributed by atoms with Crippen molar-refractivity contribution in [1.29, 1.82) is 0 Å². The van der Waals surface area contributed by atoms with Crippen molar-refractivity contribution in [2.75, 3.05) is 0 Å². The van der Waals surface area contributed by atoms with Gasteiger partial charge in [-0.2, -0.15) is 0 Å². The van der Waals surface area contributed by atoms with E-state index in [4.69, 9.17) is 0 Å². The zero-order valence-electron chi connectivity index (χ0n) is 10.8. The zero-order chi connectivity index (χ0) is 13.7. The first-order valence-corrected chi connectivity index (χ1v) is 6.70. The molecular weight excluding hydrogens is 255 g/mol. The van der Waals surface area contributed by atoms with Crippen molar-refractivity contribution < 1.29 is 9.50 Å². The number of rotatable bonds is 2. The van der Waals surface area contributed by atoms with Crippen LogP contribution in [0.5, 0.6) is 5.75 Å². The summed E-state index contributed by atoms with van der Waals surface area (Å²) < 4.78 is 16.2. The Hall–Kier alpha value is -2.36. The first-order chi connectivity index (χ1) is 9.74. The fourth-order valence-corrected chi connectivity index (χ4v) is 2.62. The second kappa shape index (κ2) is 4.07. The Bertz CT molecular complexity index is 805. The number of halogens is 1. The van der Waals surface area contributed by atoms with E-state index in [1.54, 1.807) is 6.07 Å². The molecule has 1 N–H and O–H groups in total. The maximum Gasteiger partial charge on any atom is 0.144 e. The fourth-order valence-electron chi connectivity index (χ4n) is 2.62. The van der Waals surface area contributed by atoms with Crippen molar-refractivity contribution in [2.45, 2.75) is 18.9 Å². The lowest BCUT2D eigenvalue weighted by atomic mass is 10.2. The van der Waals surface area contributed by atoms with Gasteiger partial charge in [0.2, 0.25) is 0 Å². The average molecular weight is 268 g/mol. The summed E-state index contributed by atoms with van der Waals surface area (Å²) in [5, 5.41) is 9.35. The maximum absolute atomic E-state index is 14.1. The highest BCUT2D eigenvalue weighted by Crippen LogP contribution is 2.41. The normalized spacial score (nSPS) is 14.8. The number of phenolic OH excluding ortho intramolecular Hbond substituents is 1. The van der Waals surface area contributed by atoms with Crippen molar-refractivity contribution in [1.82, 2.24) is 9.55 Å². The van der Waals surface area contributed by atoms with Crippen molar-refractivity contribution in [3.05, 3.63) is 48.3 Å². The topological polar surface area (TPSA) is 38.1 Å². The minimum Gasteiger partial charge on any atom is -0.508 e. The molecule has 3 aromatic rings. The van der Waals surface area contributed by atoms with E-state index < -0.39 is 5.82 Å². The summed E-state index contributed by atoms with van der Waals surface area (Å²) in [7, 11) is 0. The van der Waals surface area contributed by atoms with E-state index in [1.807, 2.05) is 24.3 Å². The molecule has 0 saturated heterocycles. The smallest absolute Gasteiger partial charge is 0.144 e. The molecule has 100 valence electrons. The molecule has 0 amide bonds. The van der Waals surface area contributed by atoms with E-state index in [2.05, 4.69) is 9.55 Å². The molecule has 1 aromatic heterocycles. The third kappa shape index (κ3) is 1.68. The molecule has 4 rings (SSSR count). The van der Waals surface area contributed by atoms with Crippen LogP contribution >= 0.6 is 0 Å². The Balaban J connectivity index is 2.01. The Labute approximate surface area is 115 Å². The van der Waals surface area contributed by atoms with Crippen LogP contribution in [-0.4, -0.2) is 14.7 Å². The van der Waals surface area contributed by atoms with E-state index in [-0.39, 0.29) is 5.75 Å². The fraction of sp³-hybridized carbons (Fsp3) is 0.188. The standard InChI is InChI=1S/C16H13FN2O/c17-13-9-11(20)7-8-12(13)16-18-14-3-1-2-4-15(14)19(16)10-5-6-10/h1-4,7-10,20H,5-6H2. The van der Waals surface area contributed by atoms with Crippen LogP contribution in [-0.2, 0) is 0 Å². The number of phenols is 1. The van der Waals surface area contributed by atoms with Crippen LogP contribution in [0.2, 0.25) is 0 Å². The van der Waals surface area contributed by atoms with Crippen LogP contribution in [0.1, 0.15) is 18.9 Å². The molecule has 0 unspecified atom stereocenters. The van der Waals surface area contributed by atoms with Gasteiger partial charge in [0.1, 0.15) is 17.4 Å². The van der Waals surface area contributed by atoms with Crippen LogP contribution in [0.25, 0.3) is 22.4 Å². The molecule has 1 fully saturated rings. The summed E-state index contributed by atoms with van der Waals surface area (Å²) in [6, 6.07) is 12.5. The lowest BCUT2D eigenvalue weighted by Gasteiger charge is -2.08. The van der Waals surface area contributed by atoms with Crippen molar-refractivity contribution in [2.24, 2.45) is 0 Å². The minimum absolute atomic E-state index is 0.0691. The first-order valence-electron chi connectivity index (χ1n) is 6.70. The lowest BCUT2D eigenvalue weighted by molar-refractivity contribution is 0.469. The maximum atomic E-state index is 14.1. The van der Waals surface area contributed by atoms with Gasteiger partial charge < -0.3 is 9.67 Å². The molecule has 1 aliphatic rings. The van der Waals surface area contributed by atoms with Crippen LogP contribution in [0.15, 0.2) is 42.5 Å². The van der Waals surface area contributed by atoms with E-state index in [0.717, 1.165) is 29.9 Å². The van der Waals surface area contributed by atoms with E-state index in [9.17, 15) is 9.50 Å². The second-order valence-corrected chi connectivity index (χ2v) is 5.19. The molecule has 0 spiro atoms. The molecule has 1 saturated carbocycles. The number of imidazole rings is 1. The summed E-state index contributed by atoms with van der Waals surface area (Å²) in [5.41, 5.74) is 2.35. The molecule has 0 atom stereocenters. The molecule has 20 heavy (non-hydrogen) atoms. The molecule has 0 bridgehead atoms. The number of para-hydroxylation sites is 2. The van der Waals surface area contributed by atoms with Gasteiger partial charge in [0.25, 0.3) is 0 Å². The Kier molecular flexibility index (Phi) is 2.33. The van der Waals surface area contributed by atoms with E-state index in [0.29, 0.717) is 17.4 Å². The van der Waals surface area contributed by atoms with E-state index in [1.165, 1.54) is 6.07 Å². The van der Waals surface area contributed by atoms with Gasteiger partial charge in [-0.3, -0.25) is 0 Å². The van der Waals surface area contributed by atoms with Gasteiger partial charge in [-0.15, -0.1) is 0 Å². The average Bonchev–Trinajstić information content (AvgIpc) is 3.19. The summed E-state index contributed by atoms with van der Waals surface area (Å²) in [6.45, 7) is 0. The number of aromatic nitrogens is 2. The third-order valence-electron chi connectivity index (χ3n) is 3.70. The quantitative estimate of drug-likeness (QED) is 0.765. The van der Waals surface area contributed by atoms with Crippen LogP contribution in [0.3, 0.4) is 0 Å². The molecule has 1 heterocycles. The molecule has 0 aliphatic heterocycles. The van der Waals surface area contributed by atoms with Crippen LogP contribution in [0.4, 0.5) is 4.39 Å². The van der Waals surface area contributed by atoms with Crippen LogP contribution in [0, 0.1) is 5.82 Å². The zero-order valence-corrected chi connectivity index (χ0v) is 10.8. The molecule has 0 radical (unpaired) electrons. The number of hydrogen-bond donors (Lipinski definition) is 1. The number of benzene rings is 2. The van der Waals surface area contributed by atoms with Gasteiger partial charge in [-0.05, 0) is 37.1 Å². The molecule has 2 aromatic carbocycles. The third-order valence-corrected chi connectivity index (χ3v) is 3.70. The summed E-state index contributed by atoms with van der Waals surface area (Å²) in [5.74, 6) is 0.133. The van der Waals surface area contributed by atoms with Crippen molar-refractivity contribution in [3.8, 4) is 17.1 Å². The predicted octanol–water partition coefficient (Wildman–Crippen LogP) is 3.88. The van der Waals surface area contributed by atoms with Gasteiger partial charge in [0, 0.05) is 12.1 Å². The Morgan fingerprint density at radius 2 is 1.95 bits per heavy atom. The Morgan fingerprint density at radius 3 is 2.70 bits per heavy atom.